The summed E-state index contributed by atoms with van der Waals surface area (Å²) >= 11 is 1.22. The van der Waals surface area contributed by atoms with E-state index >= 15 is 0 Å². The van der Waals surface area contributed by atoms with Crippen LogP contribution in [0.15, 0.2) is 71.8 Å². The van der Waals surface area contributed by atoms with Crippen LogP contribution in [0.5, 0.6) is 0 Å². The van der Waals surface area contributed by atoms with Gasteiger partial charge in [-0.1, -0.05) is 35.1 Å². The van der Waals surface area contributed by atoms with E-state index in [1.54, 1.807) is 48.5 Å². The van der Waals surface area contributed by atoms with E-state index in [9.17, 15) is 12.8 Å². The first-order valence-corrected chi connectivity index (χ1v) is 11.8. The lowest BCUT2D eigenvalue weighted by Crippen LogP contribution is -2.11. The molecule has 3 heterocycles. The Hall–Kier alpha value is -3.63. The van der Waals surface area contributed by atoms with Crippen LogP contribution in [0.1, 0.15) is 5.56 Å². The molecular weight excluding hydrogens is 449 g/mol. The van der Waals surface area contributed by atoms with Gasteiger partial charge >= 0.3 is 0 Å². The number of hydrogen-bond donors (Lipinski definition) is 1. The van der Waals surface area contributed by atoms with Crippen molar-refractivity contribution >= 4 is 37.4 Å². The van der Waals surface area contributed by atoms with Gasteiger partial charge in [-0.25, -0.2) is 17.4 Å². The third-order valence-corrected chi connectivity index (χ3v) is 7.52. The van der Waals surface area contributed by atoms with Gasteiger partial charge in [-0.2, -0.15) is 4.39 Å². The van der Waals surface area contributed by atoms with Crippen LogP contribution in [0.4, 0.5) is 9.52 Å². The summed E-state index contributed by atoms with van der Waals surface area (Å²) in [5.74, 6) is -0.655. The molecule has 0 aliphatic heterocycles. The summed E-state index contributed by atoms with van der Waals surface area (Å²) in [6.07, 6.45) is 1.47. The van der Waals surface area contributed by atoms with Crippen molar-refractivity contribution in [1.82, 2.24) is 19.2 Å². The van der Waals surface area contributed by atoms with Crippen LogP contribution < -0.4 is 5.73 Å². The summed E-state index contributed by atoms with van der Waals surface area (Å²) in [5.41, 5.74) is 8.62. The van der Waals surface area contributed by atoms with Gasteiger partial charge in [-0.15, -0.1) is 10.2 Å². The fourth-order valence-electron chi connectivity index (χ4n) is 3.47. The Morgan fingerprint density at radius 1 is 1.03 bits per heavy atom. The van der Waals surface area contributed by atoms with Crippen molar-refractivity contribution < 1.29 is 12.8 Å². The summed E-state index contributed by atoms with van der Waals surface area (Å²) in [6, 6.07) is 16.3. The highest BCUT2D eigenvalue weighted by molar-refractivity contribution is 7.90. The van der Waals surface area contributed by atoms with Crippen molar-refractivity contribution in [2.45, 2.75) is 11.8 Å². The predicted molar refractivity (Wildman–Crippen MR) is 122 cm³/mol. The number of benzene rings is 2. The van der Waals surface area contributed by atoms with Gasteiger partial charge in [-0.05, 0) is 49.4 Å². The molecule has 160 valence electrons. The third-order valence-electron chi connectivity index (χ3n) is 5.03. The molecule has 0 aliphatic rings. The van der Waals surface area contributed by atoms with E-state index in [1.165, 1.54) is 33.6 Å². The smallest absolute Gasteiger partial charge is 0.268 e. The molecule has 5 aromatic rings. The zero-order chi connectivity index (χ0) is 22.5. The lowest BCUT2D eigenvalue weighted by molar-refractivity contribution is 0.585. The number of nitrogens with zero attached hydrogens (tertiary/aromatic N) is 4. The maximum Gasteiger partial charge on any atom is 0.268 e. The van der Waals surface area contributed by atoms with Crippen molar-refractivity contribution in [2.75, 3.05) is 5.73 Å². The fourth-order valence-corrected chi connectivity index (χ4v) is 5.45. The van der Waals surface area contributed by atoms with Crippen molar-refractivity contribution in [3.8, 4) is 21.8 Å². The first-order chi connectivity index (χ1) is 15.3. The van der Waals surface area contributed by atoms with Crippen molar-refractivity contribution in [1.29, 1.82) is 0 Å². The topological polar surface area (TPSA) is 104 Å². The largest absolute Gasteiger partial charge is 0.374 e. The molecule has 5 rings (SSSR count). The van der Waals surface area contributed by atoms with Crippen LogP contribution in [0.25, 0.3) is 32.7 Å². The molecule has 2 aromatic carbocycles. The maximum atomic E-state index is 13.9. The van der Waals surface area contributed by atoms with Crippen LogP contribution in [0.3, 0.4) is 0 Å². The van der Waals surface area contributed by atoms with Gasteiger partial charge in [0.25, 0.3) is 10.0 Å². The molecule has 3 aromatic heterocycles. The zero-order valence-electron chi connectivity index (χ0n) is 16.7. The Kier molecular flexibility index (Phi) is 4.75. The third kappa shape index (κ3) is 3.43. The van der Waals surface area contributed by atoms with Gasteiger partial charge in [0, 0.05) is 22.7 Å². The molecular formula is C22H16FN5O2S2. The molecule has 0 aliphatic carbocycles. The number of pyridine rings is 1. The summed E-state index contributed by atoms with van der Waals surface area (Å²) < 4.78 is 42.0. The molecule has 0 atom stereocenters. The Bertz CT molecular complexity index is 1570. The molecule has 0 amide bonds. The van der Waals surface area contributed by atoms with Gasteiger partial charge in [0.15, 0.2) is 0 Å². The molecule has 0 bridgehead atoms. The van der Waals surface area contributed by atoms with Crippen molar-refractivity contribution in [3.63, 3.8) is 0 Å². The highest BCUT2D eigenvalue weighted by Gasteiger charge is 2.23. The number of anilines is 1. The Morgan fingerprint density at radius 2 is 1.81 bits per heavy atom. The van der Waals surface area contributed by atoms with Gasteiger partial charge in [0.05, 0.1) is 16.1 Å². The predicted octanol–water partition coefficient (Wildman–Crippen LogP) is 4.49. The fraction of sp³-hybridized carbons (Fsp3) is 0.0455. The monoisotopic (exact) mass is 465 g/mol. The molecule has 7 nitrogen and oxygen atoms in total. The standard InChI is InChI=1S/C22H16FN5O2S2/c1-13-5-8-15(9-6-13)32(29,30)28-12-17(18-3-2-4-20(23)25-18)16-11-14(7-10-19(16)28)21-26-27-22(24)31-21/h2-12H,1H3,(H2,24,27). The highest BCUT2D eigenvalue weighted by atomic mass is 32.2. The zero-order valence-corrected chi connectivity index (χ0v) is 18.4. The number of nitrogens with two attached hydrogens (primary N) is 1. The average molecular weight is 466 g/mol. The summed E-state index contributed by atoms with van der Waals surface area (Å²) in [4.78, 5) is 4.11. The molecule has 2 N–H and O–H groups in total. The Labute approximate surface area is 187 Å². The minimum Gasteiger partial charge on any atom is -0.374 e. The van der Waals surface area contributed by atoms with Crippen LogP contribution in [-0.4, -0.2) is 27.6 Å². The van der Waals surface area contributed by atoms with Gasteiger partial charge in [0.1, 0.15) is 5.01 Å². The Balaban J connectivity index is 1.78. The lowest BCUT2D eigenvalue weighted by atomic mass is 10.1. The van der Waals surface area contributed by atoms with E-state index in [4.69, 9.17) is 5.73 Å². The minimum atomic E-state index is -3.90. The second-order valence-electron chi connectivity index (χ2n) is 7.18. The van der Waals surface area contributed by atoms with Gasteiger partial charge < -0.3 is 5.73 Å². The van der Waals surface area contributed by atoms with Crippen LogP contribution in [-0.2, 0) is 10.0 Å². The number of nitrogen functional groups attached to an aromatic ring is 1. The van der Waals surface area contributed by atoms with E-state index in [0.29, 0.717) is 32.3 Å². The van der Waals surface area contributed by atoms with Crippen LogP contribution >= 0.6 is 11.3 Å². The van der Waals surface area contributed by atoms with Crippen LogP contribution in [0.2, 0.25) is 0 Å². The van der Waals surface area contributed by atoms with Crippen molar-refractivity contribution in [2.24, 2.45) is 0 Å². The quantitative estimate of drug-likeness (QED) is 0.392. The first kappa shape index (κ1) is 20.3. The van der Waals surface area contributed by atoms with E-state index in [2.05, 4.69) is 15.2 Å². The maximum absolute atomic E-state index is 13.9. The normalized spacial score (nSPS) is 11.8. The van der Waals surface area contributed by atoms with E-state index in [0.717, 1.165) is 11.1 Å². The number of fused-ring (bicyclic) bond motifs is 1. The lowest BCUT2D eigenvalue weighted by Gasteiger charge is -2.08. The molecule has 0 unspecified atom stereocenters. The second-order valence-corrected chi connectivity index (χ2v) is 10.0. The minimum absolute atomic E-state index is 0.153. The van der Waals surface area contributed by atoms with Gasteiger partial charge in [0.2, 0.25) is 11.1 Å². The highest BCUT2D eigenvalue weighted by Crippen LogP contribution is 2.36. The van der Waals surface area contributed by atoms with Gasteiger partial charge in [-0.3, -0.25) is 0 Å². The second kappa shape index (κ2) is 7.50. The average Bonchev–Trinajstić information content (AvgIpc) is 3.38. The summed E-state index contributed by atoms with van der Waals surface area (Å²) in [5, 5.41) is 9.41. The summed E-state index contributed by atoms with van der Waals surface area (Å²) in [7, 11) is -3.90. The molecule has 0 saturated carbocycles. The molecule has 10 heteroatoms. The van der Waals surface area contributed by atoms with Crippen LogP contribution in [0, 0.1) is 12.9 Å². The summed E-state index contributed by atoms with van der Waals surface area (Å²) in [6.45, 7) is 1.89. The molecule has 0 fully saturated rings. The first-order valence-electron chi connectivity index (χ1n) is 9.52. The number of rotatable bonds is 4. The molecule has 0 radical (unpaired) electrons. The molecule has 32 heavy (non-hydrogen) atoms. The molecule has 0 spiro atoms. The number of halogens is 1. The Morgan fingerprint density at radius 3 is 2.50 bits per heavy atom. The van der Waals surface area contributed by atoms with E-state index < -0.39 is 16.0 Å². The number of aryl methyl sites for hydroxylation is 1. The molecule has 0 saturated heterocycles. The number of hydrogen-bond acceptors (Lipinski definition) is 7. The van der Waals surface area contributed by atoms with E-state index in [-0.39, 0.29) is 4.90 Å². The SMILES string of the molecule is Cc1ccc(S(=O)(=O)n2cc(-c3cccc(F)n3)c3cc(-c4nnc(N)s4)ccc32)cc1. The number of aromatic nitrogens is 4. The van der Waals surface area contributed by atoms with Crippen molar-refractivity contribution in [3.05, 3.63) is 78.4 Å². The van der Waals surface area contributed by atoms with E-state index in [1.807, 2.05) is 6.92 Å².